The number of amides is 1. The number of hydrogen-bond acceptors (Lipinski definition) is 8. The van der Waals surface area contributed by atoms with Gasteiger partial charge in [-0.15, -0.1) is 0 Å². The number of rotatable bonds is 6. The van der Waals surface area contributed by atoms with E-state index in [-0.39, 0.29) is 5.82 Å². The molecule has 25 heavy (non-hydrogen) atoms. The molecule has 0 saturated carbocycles. The molecule has 1 saturated heterocycles. The van der Waals surface area contributed by atoms with Gasteiger partial charge in [0, 0.05) is 6.20 Å². The Labute approximate surface area is 140 Å². The first kappa shape index (κ1) is 19.0. The van der Waals surface area contributed by atoms with Crippen LogP contribution < -0.4 is 16.7 Å². The quantitative estimate of drug-likeness (QED) is 0.292. The van der Waals surface area contributed by atoms with Crippen molar-refractivity contribution in [1.29, 1.82) is 0 Å². The molecule has 1 unspecified atom stereocenters. The zero-order chi connectivity index (χ0) is 18.7. The van der Waals surface area contributed by atoms with Gasteiger partial charge < -0.3 is 36.2 Å². The smallest absolute Gasteiger partial charge is 0.362 e. The first-order chi connectivity index (χ1) is 11.7. The van der Waals surface area contributed by atoms with Crippen molar-refractivity contribution in [2.24, 2.45) is 0 Å². The van der Waals surface area contributed by atoms with Gasteiger partial charge >= 0.3 is 11.7 Å². The Hall–Kier alpha value is -2.38. The number of carbonyl (C=O) groups excluding carboxylic acids is 1. The van der Waals surface area contributed by atoms with Crippen LogP contribution in [0.15, 0.2) is 17.1 Å². The van der Waals surface area contributed by atoms with E-state index in [4.69, 9.17) is 14.9 Å². The number of anilines is 1. The molecular formula is C13H19N4O8+. The molecule has 1 fully saturated rings. The molecule has 8 N–H and O–H groups in total. The third kappa shape index (κ3) is 4.18. The second kappa shape index (κ2) is 7.67. The zero-order valence-corrected chi connectivity index (χ0v) is 13.0. The largest absolute Gasteiger partial charge is 0.477 e. The van der Waals surface area contributed by atoms with Gasteiger partial charge in [-0.05, 0) is 6.07 Å². The summed E-state index contributed by atoms with van der Waals surface area (Å²) in [4.78, 5) is 38.0. The lowest BCUT2D eigenvalue weighted by Gasteiger charge is -2.17. The van der Waals surface area contributed by atoms with Crippen molar-refractivity contribution >= 4 is 17.7 Å². The average molecular weight is 359 g/mol. The maximum Gasteiger partial charge on any atom is 0.362 e. The van der Waals surface area contributed by atoms with Crippen molar-refractivity contribution in [1.82, 2.24) is 9.55 Å². The molecule has 5 atom stereocenters. The van der Waals surface area contributed by atoms with Crippen LogP contribution in [0.25, 0.3) is 0 Å². The van der Waals surface area contributed by atoms with Gasteiger partial charge in [0.15, 0.2) is 12.3 Å². The maximum atomic E-state index is 12.0. The third-order valence-corrected chi connectivity index (χ3v) is 3.67. The molecule has 138 valence electrons. The van der Waals surface area contributed by atoms with Crippen LogP contribution in [0.4, 0.5) is 5.82 Å². The fourth-order valence-corrected chi connectivity index (χ4v) is 2.29. The molecule has 2 heterocycles. The number of aliphatic carboxylic acids is 1. The van der Waals surface area contributed by atoms with Gasteiger partial charge in [0.05, 0.1) is 13.0 Å². The summed E-state index contributed by atoms with van der Waals surface area (Å²) in [6.45, 7) is -0.541. The van der Waals surface area contributed by atoms with Gasteiger partial charge in [0.1, 0.15) is 24.1 Å². The van der Waals surface area contributed by atoms with Crippen LogP contribution >= 0.6 is 0 Å². The molecule has 0 bridgehead atoms. The summed E-state index contributed by atoms with van der Waals surface area (Å²) in [6.07, 6.45) is -4.31. The Kier molecular flexibility index (Phi) is 5.81. The third-order valence-electron chi connectivity index (χ3n) is 3.67. The van der Waals surface area contributed by atoms with Gasteiger partial charge in [0.2, 0.25) is 5.91 Å². The Morgan fingerprint density at radius 1 is 1.40 bits per heavy atom. The lowest BCUT2D eigenvalue weighted by molar-refractivity contribution is -0.406. The first-order valence-electron chi connectivity index (χ1n) is 7.32. The minimum absolute atomic E-state index is 0.115. The lowest BCUT2D eigenvalue weighted by Crippen LogP contribution is -2.65. The molecule has 0 spiro atoms. The van der Waals surface area contributed by atoms with Gasteiger partial charge in [-0.3, -0.25) is 9.36 Å². The number of aliphatic hydroxyl groups excluding tert-OH is 3. The van der Waals surface area contributed by atoms with Crippen molar-refractivity contribution in [3.8, 4) is 0 Å². The summed E-state index contributed by atoms with van der Waals surface area (Å²) >= 11 is 0. The molecule has 1 amide bonds. The highest BCUT2D eigenvalue weighted by molar-refractivity contribution is 5.92. The molecule has 1 aromatic rings. The highest BCUT2D eigenvalue weighted by Gasteiger charge is 2.43. The number of nitrogens with zero attached hydrogens (tertiary/aromatic N) is 2. The molecule has 12 nitrogen and oxygen atoms in total. The number of hydrogen-bond donors (Lipinski definition) is 6. The summed E-state index contributed by atoms with van der Waals surface area (Å²) in [5, 5.41) is 39.6. The molecule has 1 aromatic heterocycles. The summed E-state index contributed by atoms with van der Waals surface area (Å²) in [5.41, 5.74) is 2.42. The summed E-state index contributed by atoms with van der Waals surface area (Å²) < 4.78 is 6.12. The van der Waals surface area contributed by atoms with Crippen LogP contribution in [0.5, 0.6) is 0 Å². The Morgan fingerprint density at radius 3 is 2.60 bits per heavy atom. The van der Waals surface area contributed by atoms with Gasteiger partial charge in [-0.2, -0.15) is 4.98 Å². The number of aromatic nitrogens is 2. The number of carboxylic acid groups (broad SMARTS) is 1. The molecule has 0 radical (unpaired) electrons. The second-order valence-electron chi connectivity index (χ2n) is 5.52. The Morgan fingerprint density at radius 2 is 2.08 bits per heavy atom. The van der Waals surface area contributed by atoms with Crippen LogP contribution in [0.2, 0.25) is 0 Å². The van der Waals surface area contributed by atoms with Crippen LogP contribution in [0.3, 0.4) is 0 Å². The molecular weight excluding hydrogens is 340 g/mol. The summed E-state index contributed by atoms with van der Waals surface area (Å²) in [7, 11) is 0. The predicted molar refractivity (Wildman–Crippen MR) is 79.1 cm³/mol. The number of quaternary nitrogens is 1. The predicted octanol–water partition coefficient (Wildman–Crippen LogP) is -4.12. The number of carboxylic acids is 1. The second-order valence-corrected chi connectivity index (χ2v) is 5.52. The van der Waals surface area contributed by atoms with Gasteiger partial charge in [-0.1, -0.05) is 0 Å². The van der Waals surface area contributed by atoms with Gasteiger partial charge in [0.25, 0.3) is 0 Å². The topological polar surface area (TPSA) is 199 Å². The molecule has 1 aliphatic heterocycles. The van der Waals surface area contributed by atoms with E-state index in [1.165, 1.54) is 12.3 Å². The van der Waals surface area contributed by atoms with Crippen LogP contribution in [-0.2, 0) is 14.3 Å². The molecule has 0 aromatic carbocycles. The van der Waals surface area contributed by atoms with E-state index in [2.05, 4.69) is 16.0 Å². The number of ether oxygens (including phenoxy) is 1. The first-order valence-corrected chi connectivity index (χ1v) is 7.32. The highest BCUT2D eigenvalue weighted by Crippen LogP contribution is 2.28. The SMILES string of the molecule is [NH3+][C@@H](CC(=O)Nc1ccn([C@@H]2O[C@H](CO)[C@H](O)C2O)c(=O)n1)C(=O)O. The maximum absolute atomic E-state index is 12.0. The molecule has 1 aliphatic rings. The van der Waals surface area contributed by atoms with Gasteiger partial charge in [-0.25, -0.2) is 9.59 Å². The number of nitrogens with one attached hydrogen (secondary N) is 1. The van der Waals surface area contributed by atoms with Crippen molar-refractivity contribution < 1.29 is 40.5 Å². The van der Waals surface area contributed by atoms with E-state index in [0.717, 1.165) is 4.57 Å². The van der Waals surface area contributed by atoms with E-state index in [0.29, 0.717) is 0 Å². The van der Waals surface area contributed by atoms with Crippen LogP contribution in [0.1, 0.15) is 12.6 Å². The minimum atomic E-state index is -1.44. The Bertz CT molecular complexity index is 708. The van der Waals surface area contributed by atoms with E-state index < -0.39 is 61.2 Å². The highest BCUT2D eigenvalue weighted by atomic mass is 16.6. The fraction of sp³-hybridized carbons (Fsp3) is 0.538. The zero-order valence-electron chi connectivity index (χ0n) is 13.0. The van der Waals surface area contributed by atoms with E-state index >= 15 is 0 Å². The van der Waals surface area contributed by atoms with Crippen LogP contribution in [-0.4, -0.2) is 72.8 Å². The average Bonchev–Trinajstić information content (AvgIpc) is 2.82. The normalized spacial score (nSPS) is 27.0. The summed E-state index contributed by atoms with van der Waals surface area (Å²) in [6, 6.07) is 0.103. The Balaban J connectivity index is 2.10. The monoisotopic (exact) mass is 359 g/mol. The van der Waals surface area contributed by atoms with Crippen molar-refractivity contribution in [3.05, 3.63) is 22.7 Å². The molecule has 2 rings (SSSR count). The van der Waals surface area contributed by atoms with Crippen molar-refractivity contribution in [2.45, 2.75) is 37.0 Å². The number of carbonyl (C=O) groups is 2. The lowest BCUT2D eigenvalue weighted by atomic mass is 10.1. The molecule has 12 heteroatoms. The summed E-state index contributed by atoms with van der Waals surface area (Å²) in [5.74, 6) is -2.03. The fourth-order valence-electron chi connectivity index (χ4n) is 2.29. The standard InChI is InChI=1S/C13H18N4O8/c14-5(12(22)23)3-8(19)15-7-1-2-17(13(24)16-7)11-10(21)9(20)6(4-18)25-11/h1-2,5-6,9-11,18,20-21H,3-4,14H2,(H,22,23)(H,15,16,19,24)/p+1/t5-,6+,9-,10?,11+/m0/s1. The van der Waals surface area contributed by atoms with E-state index in [1.807, 2.05) is 0 Å². The van der Waals surface area contributed by atoms with Crippen molar-refractivity contribution in [3.63, 3.8) is 0 Å². The minimum Gasteiger partial charge on any atom is -0.477 e. The van der Waals surface area contributed by atoms with E-state index in [9.17, 15) is 24.6 Å². The van der Waals surface area contributed by atoms with E-state index in [1.54, 1.807) is 0 Å². The van der Waals surface area contributed by atoms with Crippen molar-refractivity contribution in [2.75, 3.05) is 11.9 Å². The number of aliphatic hydroxyl groups is 3. The molecule has 0 aliphatic carbocycles. The van der Waals surface area contributed by atoms with Crippen LogP contribution in [0, 0.1) is 0 Å².